The second-order valence-electron chi connectivity index (χ2n) is 7.00. The molecule has 1 saturated heterocycles. The van der Waals surface area contributed by atoms with E-state index < -0.39 is 0 Å². The van der Waals surface area contributed by atoms with E-state index in [1.165, 1.54) is 5.56 Å². The maximum atomic E-state index is 6.00. The molecule has 4 rings (SSSR count). The van der Waals surface area contributed by atoms with Gasteiger partial charge in [-0.3, -0.25) is 9.88 Å². The molecule has 1 aliphatic heterocycles. The summed E-state index contributed by atoms with van der Waals surface area (Å²) in [6.45, 7) is 5.27. The summed E-state index contributed by atoms with van der Waals surface area (Å²) in [5.41, 5.74) is 4.63. The number of nitrogens with one attached hydrogen (secondary N) is 1. The number of likely N-dealkylation sites (tertiary alicyclic amines) is 1. The van der Waals surface area contributed by atoms with E-state index in [1.807, 2.05) is 36.7 Å². The van der Waals surface area contributed by atoms with Crippen molar-refractivity contribution in [2.45, 2.75) is 32.2 Å². The van der Waals surface area contributed by atoms with Crippen molar-refractivity contribution in [3.63, 3.8) is 0 Å². The van der Waals surface area contributed by atoms with Crippen molar-refractivity contribution in [3.05, 3.63) is 70.9 Å². The predicted octanol–water partition coefficient (Wildman–Crippen LogP) is 4.81. The van der Waals surface area contributed by atoms with Crippen molar-refractivity contribution in [3.8, 4) is 11.3 Å². The van der Waals surface area contributed by atoms with Gasteiger partial charge in [0.15, 0.2) is 0 Å². The molecule has 0 atom stereocenters. The molecule has 0 amide bonds. The molecule has 0 radical (unpaired) electrons. The van der Waals surface area contributed by atoms with E-state index in [4.69, 9.17) is 16.6 Å². The molecule has 3 aromatic rings. The fourth-order valence-corrected chi connectivity index (χ4v) is 3.81. The molecular formula is C21H23ClN4. The molecule has 1 N–H and O–H groups in total. The fraction of sp³-hybridized carbons (Fsp3) is 0.333. The molecule has 1 aliphatic rings. The molecule has 1 fully saturated rings. The molecule has 2 aromatic heterocycles. The van der Waals surface area contributed by atoms with Crippen molar-refractivity contribution in [1.82, 2.24) is 19.9 Å². The zero-order valence-electron chi connectivity index (χ0n) is 15.0. The lowest BCUT2D eigenvalue weighted by Gasteiger charge is -2.31. The number of hydrogen-bond donors (Lipinski definition) is 1. The van der Waals surface area contributed by atoms with Gasteiger partial charge >= 0.3 is 0 Å². The van der Waals surface area contributed by atoms with Gasteiger partial charge in [0.2, 0.25) is 0 Å². The smallest absolute Gasteiger partial charge is 0.110 e. The topological polar surface area (TPSA) is 44.8 Å². The quantitative estimate of drug-likeness (QED) is 0.720. The third-order valence-corrected chi connectivity index (χ3v) is 5.42. The molecule has 134 valence electrons. The maximum absolute atomic E-state index is 6.00. The van der Waals surface area contributed by atoms with E-state index in [9.17, 15) is 0 Å². The number of benzene rings is 1. The molecule has 0 aliphatic carbocycles. The number of aryl methyl sites for hydroxylation is 1. The fourth-order valence-electron chi connectivity index (χ4n) is 3.68. The van der Waals surface area contributed by atoms with Crippen LogP contribution in [0.5, 0.6) is 0 Å². The van der Waals surface area contributed by atoms with Crippen molar-refractivity contribution in [1.29, 1.82) is 0 Å². The Hall–Kier alpha value is -2.17. The zero-order chi connectivity index (χ0) is 17.9. The Labute approximate surface area is 159 Å². The number of imidazole rings is 1. The van der Waals surface area contributed by atoms with Crippen LogP contribution in [0.25, 0.3) is 11.3 Å². The second-order valence-corrected chi connectivity index (χ2v) is 7.43. The number of H-pyrrole nitrogens is 1. The highest BCUT2D eigenvalue weighted by molar-refractivity contribution is 6.30. The number of aromatic nitrogens is 3. The molecule has 0 spiro atoms. The Balaban J connectivity index is 1.42. The van der Waals surface area contributed by atoms with Crippen LogP contribution in [0.1, 0.15) is 35.8 Å². The first-order valence-corrected chi connectivity index (χ1v) is 9.50. The molecular weight excluding hydrogens is 344 g/mol. The Bertz CT molecular complexity index is 849. The van der Waals surface area contributed by atoms with Gasteiger partial charge in [0.05, 0.1) is 11.4 Å². The van der Waals surface area contributed by atoms with Gasteiger partial charge in [-0.2, -0.15) is 0 Å². The maximum Gasteiger partial charge on any atom is 0.110 e. The van der Waals surface area contributed by atoms with Gasteiger partial charge < -0.3 is 4.98 Å². The van der Waals surface area contributed by atoms with E-state index in [1.54, 1.807) is 0 Å². The summed E-state index contributed by atoms with van der Waals surface area (Å²) in [5.74, 6) is 1.62. The summed E-state index contributed by atoms with van der Waals surface area (Å²) in [6.07, 6.45) is 6.01. The number of halogens is 1. The van der Waals surface area contributed by atoms with Crippen LogP contribution in [0.4, 0.5) is 0 Å². The van der Waals surface area contributed by atoms with Crippen LogP contribution in [0.2, 0.25) is 5.02 Å². The van der Waals surface area contributed by atoms with E-state index in [0.29, 0.717) is 5.92 Å². The average Bonchev–Trinajstić information content (AvgIpc) is 3.06. The zero-order valence-corrected chi connectivity index (χ0v) is 15.7. The molecule has 0 bridgehead atoms. The van der Waals surface area contributed by atoms with Gasteiger partial charge in [-0.05, 0) is 68.2 Å². The first-order chi connectivity index (χ1) is 12.7. The summed E-state index contributed by atoms with van der Waals surface area (Å²) in [6, 6.07) is 12.1. The normalized spacial score (nSPS) is 16.1. The van der Waals surface area contributed by atoms with Gasteiger partial charge in [-0.15, -0.1) is 0 Å². The minimum atomic E-state index is 0.503. The van der Waals surface area contributed by atoms with Crippen LogP contribution < -0.4 is 0 Å². The number of pyridine rings is 1. The van der Waals surface area contributed by atoms with Crippen LogP contribution in [0.3, 0.4) is 0 Å². The first-order valence-electron chi connectivity index (χ1n) is 9.13. The lowest BCUT2D eigenvalue weighted by atomic mass is 9.96. The number of piperidine rings is 1. The van der Waals surface area contributed by atoms with Gasteiger partial charge in [0, 0.05) is 29.9 Å². The lowest BCUT2D eigenvalue weighted by molar-refractivity contribution is 0.202. The predicted molar refractivity (Wildman–Crippen MR) is 105 cm³/mol. The third kappa shape index (κ3) is 3.81. The van der Waals surface area contributed by atoms with Crippen LogP contribution in [-0.2, 0) is 6.54 Å². The van der Waals surface area contributed by atoms with Crippen molar-refractivity contribution >= 4 is 11.6 Å². The van der Waals surface area contributed by atoms with Crippen LogP contribution in [0.15, 0.2) is 48.8 Å². The molecule has 26 heavy (non-hydrogen) atoms. The number of aromatic amines is 1. The minimum absolute atomic E-state index is 0.503. The van der Waals surface area contributed by atoms with Gasteiger partial charge in [0.25, 0.3) is 0 Å². The number of rotatable bonds is 4. The highest BCUT2D eigenvalue weighted by Crippen LogP contribution is 2.30. The summed E-state index contributed by atoms with van der Waals surface area (Å²) in [4.78, 5) is 15.0. The van der Waals surface area contributed by atoms with Gasteiger partial charge in [-0.1, -0.05) is 23.7 Å². The largest absolute Gasteiger partial charge is 0.342 e. The van der Waals surface area contributed by atoms with E-state index in [0.717, 1.165) is 60.3 Å². The highest BCUT2D eigenvalue weighted by Gasteiger charge is 2.24. The molecule has 5 heteroatoms. The summed E-state index contributed by atoms with van der Waals surface area (Å²) < 4.78 is 0. The minimum Gasteiger partial charge on any atom is -0.342 e. The van der Waals surface area contributed by atoms with Crippen LogP contribution in [0, 0.1) is 6.92 Å². The SMILES string of the molecule is Cc1nc(C2CCN(Cc3ccncc3)CC2)[nH]c1-c1ccc(Cl)cc1. The second kappa shape index (κ2) is 7.60. The van der Waals surface area contributed by atoms with Crippen molar-refractivity contribution < 1.29 is 0 Å². The molecule has 0 saturated carbocycles. The summed E-state index contributed by atoms with van der Waals surface area (Å²) in [7, 11) is 0. The van der Waals surface area contributed by atoms with E-state index in [2.05, 4.69) is 33.9 Å². The molecule has 1 aromatic carbocycles. The molecule has 0 unspecified atom stereocenters. The monoisotopic (exact) mass is 366 g/mol. The van der Waals surface area contributed by atoms with Crippen molar-refractivity contribution in [2.24, 2.45) is 0 Å². The molecule has 3 heterocycles. The Morgan fingerprint density at radius 2 is 1.77 bits per heavy atom. The van der Waals surface area contributed by atoms with Crippen LogP contribution in [-0.4, -0.2) is 32.9 Å². The first kappa shape index (κ1) is 17.3. The Kier molecular flexibility index (Phi) is 5.05. The Morgan fingerprint density at radius 1 is 1.08 bits per heavy atom. The lowest BCUT2D eigenvalue weighted by Crippen LogP contribution is -2.32. The van der Waals surface area contributed by atoms with E-state index in [-0.39, 0.29) is 0 Å². The summed E-state index contributed by atoms with van der Waals surface area (Å²) >= 11 is 6.00. The van der Waals surface area contributed by atoms with E-state index >= 15 is 0 Å². The average molecular weight is 367 g/mol. The van der Waals surface area contributed by atoms with Crippen molar-refractivity contribution in [2.75, 3.05) is 13.1 Å². The Morgan fingerprint density at radius 3 is 2.46 bits per heavy atom. The molecule has 4 nitrogen and oxygen atoms in total. The van der Waals surface area contributed by atoms with Gasteiger partial charge in [0.1, 0.15) is 5.82 Å². The number of nitrogens with zero attached hydrogens (tertiary/aromatic N) is 3. The highest BCUT2D eigenvalue weighted by atomic mass is 35.5. The number of hydrogen-bond acceptors (Lipinski definition) is 3. The van der Waals surface area contributed by atoms with Crippen LogP contribution >= 0.6 is 11.6 Å². The third-order valence-electron chi connectivity index (χ3n) is 5.17. The summed E-state index contributed by atoms with van der Waals surface area (Å²) in [5, 5.41) is 0.757. The standard InChI is InChI=1S/C21H23ClN4/c1-15-20(17-2-4-19(22)5-3-17)25-21(24-15)18-8-12-26(13-9-18)14-16-6-10-23-11-7-16/h2-7,10-11,18H,8-9,12-14H2,1H3,(H,24,25). The van der Waals surface area contributed by atoms with Gasteiger partial charge in [-0.25, -0.2) is 4.98 Å².